The van der Waals surface area contributed by atoms with Crippen LogP contribution in [0.1, 0.15) is 17.4 Å². The number of aryl methyl sites for hydroxylation is 1. The number of rotatable bonds is 7. The molecule has 1 N–H and O–H groups in total. The summed E-state index contributed by atoms with van der Waals surface area (Å²) in [4.78, 5) is 28.7. The average Bonchev–Trinajstić information content (AvgIpc) is 3.10. The number of aromatic nitrogens is 3. The quantitative estimate of drug-likeness (QED) is 0.483. The number of methoxy groups -OCH3 is 1. The normalized spacial score (nSPS) is 12.4. The van der Waals surface area contributed by atoms with Crippen LogP contribution in [-0.4, -0.2) is 51.7 Å². The van der Waals surface area contributed by atoms with Crippen LogP contribution in [0, 0.1) is 0 Å². The number of aliphatic hydroxyl groups is 1. The van der Waals surface area contributed by atoms with Crippen LogP contribution in [0.15, 0.2) is 59.4 Å². The standard InChI is InChI=1S/C24H26N4O4/c1-4-27(16-10-6-5-7-11-16)23(30)21-20-18-12-8-9-13-19(18)26(2)22(20)24(31)28(25-21)14-17(29)15-32-3/h5-13,17,29H,4,14-15H2,1-3H3/t17-/m1/s1. The number of aliphatic hydroxyl groups excluding tert-OH is 1. The zero-order valence-corrected chi connectivity index (χ0v) is 18.4. The fourth-order valence-corrected chi connectivity index (χ4v) is 4.12. The molecule has 2 heterocycles. The Balaban J connectivity index is 1.99. The molecule has 1 atom stereocenters. The van der Waals surface area contributed by atoms with Crippen molar-refractivity contribution in [2.24, 2.45) is 7.05 Å². The van der Waals surface area contributed by atoms with Gasteiger partial charge in [0.15, 0.2) is 5.69 Å². The minimum atomic E-state index is -0.934. The van der Waals surface area contributed by atoms with Gasteiger partial charge in [-0.15, -0.1) is 0 Å². The maximum Gasteiger partial charge on any atom is 0.291 e. The molecule has 1 amide bonds. The molecular weight excluding hydrogens is 408 g/mol. The highest BCUT2D eigenvalue weighted by molar-refractivity contribution is 6.20. The molecule has 0 spiro atoms. The molecular formula is C24H26N4O4. The number of benzene rings is 2. The van der Waals surface area contributed by atoms with Crippen molar-refractivity contribution in [3.63, 3.8) is 0 Å². The number of carbonyl (C=O) groups excluding carboxylic acids is 1. The predicted octanol–water partition coefficient (Wildman–Crippen LogP) is 2.56. The molecule has 0 aliphatic rings. The summed E-state index contributed by atoms with van der Waals surface area (Å²) >= 11 is 0. The molecule has 8 nitrogen and oxygen atoms in total. The van der Waals surface area contributed by atoms with Crippen LogP contribution in [0.4, 0.5) is 5.69 Å². The Hall–Kier alpha value is -3.49. The van der Waals surface area contributed by atoms with Gasteiger partial charge in [-0.3, -0.25) is 9.59 Å². The molecule has 32 heavy (non-hydrogen) atoms. The molecule has 0 saturated carbocycles. The van der Waals surface area contributed by atoms with E-state index in [9.17, 15) is 14.7 Å². The highest BCUT2D eigenvalue weighted by atomic mass is 16.5. The molecule has 4 aromatic rings. The predicted molar refractivity (Wildman–Crippen MR) is 124 cm³/mol. The number of nitrogens with zero attached hydrogens (tertiary/aromatic N) is 4. The van der Waals surface area contributed by atoms with E-state index >= 15 is 0 Å². The Labute approximate surface area is 185 Å². The summed E-state index contributed by atoms with van der Waals surface area (Å²) in [5.74, 6) is -0.310. The van der Waals surface area contributed by atoms with Crippen LogP contribution in [-0.2, 0) is 18.3 Å². The first-order valence-corrected chi connectivity index (χ1v) is 10.5. The highest BCUT2D eigenvalue weighted by Crippen LogP contribution is 2.29. The van der Waals surface area contributed by atoms with Gasteiger partial charge in [-0.05, 0) is 25.1 Å². The van der Waals surface area contributed by atoms with Gasteiger partial charge in [0.1, 0.15) is 5.52 Å². The molecule has 0 saturated heterocycles. The SMILES string of the molecule is CCN(C(=O)c1nn(C[C@@H](O)COC)c(=O)c2c1c1ccccc1n2C)c1ccccc1. The van der Waals surface area contributed by atoms with Gasteiger partial charge in [-0.25, -0.2) is 4.68 Å². The van der Waals surface area contributed by atoms with E-state index in [1.165, 1.54) is 7.11 Å². The van der Waals surface area contributed by atoms with Crippen molar-refractivity contribution in [3.8, 4) is 0 Å². The Kier molecular flexibility index (Phi) is 6.07. The molecule has 166 valence electrons. The highest BCUT2D eigenvalue weighted by Gasteiger charge is 2.27. The van der Waals surface area contributed by atoms with E-state index < -0.39 is 6.10 Å². The lowest BCUT2D eigenvalue weighted by Crippen LogP contribution is -2.36. The molecule has 0 aliphatic heterocycles. The largest absolute Gasteiger partial charge is 0.389 e. The minimum absolute atomic E-state index is 0.0512. The van der Waals surface area contributed by atoms with E-state index in [4.69, 9.17) is 4.74 Å². The number of anilines is 1. The first-order valence-electron chi connectivity index (χ1n) is 10.5. The number of amides is 1. The average molecular weight is 434 g/mol. The Morgan fingerprint density at radius 1 is 1.16 bits per heavy atom. The zero-order chi connectivity index (χ0) is 22.8. The second-order valence-corrected chi connectivity index (χ2v) is 7.63. The lowest BCUT2D eigenvalue weighted by Gasteiger charge is -2.21. The van der Waals surface area contributed by atoms with Crippen LogP contribution in [0.2, 0.25) is 0 Å². The summed E-state index contributed by atoms with van der Waals surface area (Å²) in [7, 11) is 3.27. The van der Waals surface area contributed by atoms with Crippen LogP contribution < -0.4 is 10.5 Å². The second-order valence-electron chi connectivity index (χ2n) is 7.63. The van der Waals surface area contributed by atoms with Gasteiger partial charge in [0, 0.05) is 42.7 Å². The van der Waals surface area contributed by atoms with Crippen molar-refractivity contribution in [1.82, 2.24) is 14.3 Å². The van der Waals surface area contributed by atoms with Crippen molar-refractivity contribution in [1.29, 1.82) is 0 Å². The van der Waals surface area contributed by atoms with E-state index in [2.05, 4.69) is 5.10 Å². The number of para-hydroxylation sites is 2. The van der Waals surface area contributed by atoms with Crippen LogP contribution in [0.25, 0.3) is 21.8 Å². The second kappa shape index (κ2) is 8.94. The molecule has 8 heteroatoms. The van der Waals surface area contributed by atoms with Gasteiger partial charge >= 0.3 is 0 Å². The van der Waals surface area contributed by atoms with Crippen molar-refractivity contribution in [2.45, 2.75) is 19.6 Å². The Morgan fingerprint density at radius 2 is 1.84 bits per heavy atom. The lowest BCUT2D eigenvalue weighted by molar-refractivity contribution is 0.0503. The summed E-state index contributed by atoms with van der Waals surface area (Å²) in [5.41, 5.74) is 1.75. The monoisotopic (exact) mass is 434 g/mol. The summed E-state index contributed by atoms with van der Waals surface area (Å²) in [5, 5.41) is 16.0. The molecule has 0 bridgehead atoms. The van der Waals surface area contributed by atoms with Crippen molar-refractivity contribution in [3.05, 3.63) is 70.6 Å². The van der Waals surface area contributed by atoms with E-state index in [0.717, 1.165) is 21.3 Å². The maximum atomic E-state index is 13.8. The number of fused-ring (bicyclic) bond motifs is 3. The van der Waals surface area contributed by atoms with Gasteiger partial charge in [0.2, 0.25) is 0 Å². The fourth-order valence-electron chi connectivity index (χ4n) is 4.12. The summed E-state index contributed by atoms with van der Waals surface area (Å²) in [6.45, 7) is 2.29. The van der Waals surface area contributed by atoms with Gasteiger partial charge < -0.3 is 19.3 Å². The smallest absolute Gasteiger partial charge is 0.291 e. The van der Waals surface area contributed by atoms with Crippen molar-refractivity contribution < 1.29 is 14.6 Å². The third kappa shape index (κ3) is 3.68. The summed E-state index contributed by atoms with van der Waals surface area (Å²) in [6.07, 6.45) is -0.934. The van der Waals surface area contributed by atoms with E-state index in [1.807, 2.05) is 61.5 Å². The first kappa shape index (κ1) is 21.7. The molecule has 0 radical (unpaired) electrons. The van der Waals surface area contributed by atoms with Gasteiger partial charge in [-0.1, -0.05) is 36.4 Å². The Bertz CT molecular complexity index is 1330. The molecule has 0 unspecified atom stereocenters. The van der Waals surface area contributed by atoms with E-state index in [-0.39, 0.29) is 30.3 Å². The van der Waals surface area contributed by atoms with Crippen LogP contribution in [0.3, 0.4) is 0 Å². The Morgan fingerprint density at radius 3 is 2.53 bits per heavy atom. The van der Waals surface area contributed by atoms with Gasteiger partial charge in [-0.2, -0.15) is 5.10 Å². The topological polar surface area (TPSA) is 89.6 Å². The van der Waals surface area contributed by atoms with Gasteiger partial charge in [0.25, 0.3) is 11.5 Å². The maximum absolute atomic E-state index is 13.8. The molecule has 0 aliphatic carbocycles. The summed E-state index contributed by atoms with van der Waals surface area (Å²) < 4.78 is 7.94. The van der Waals surface area contributed by atoms with Crippen LogP contribution >= 0.6 is 0 Å². The lowest BCUT2D eigenvalue weighted by atomic mass is 10.1. The summed E-state index contributed by atoms with van der Waals surface area (Å²) in [6, 6.07) is 16.9. The molecule has 0 fully saturated rings. The van der Waals surface area contributed by atoms with E-state index in [1.54, 1.807) is 16.5 Å². The first-order chi connectivity index (χ1) is 15.5. The van der Waals surface area contributed by atoms with E-state index in [0.29, 0.717) is 17.4 Å². The van der Waals surface area contributed by atoms with Gasteiger partial charge in [0.05, 0.1) is 19.3 Å². The number of ether oxygens (including phenoxy) is 1. The fraction of sp³-hybridized carbons (Fsp3) is 0.292. The van der Waals surface area contributed by atoms with Crippen molar-refractivity contribution >= 4 is 33.4 Å². The van der Waals surface area contributed by atoms with Crippen molar-refractivity contribution in [2.75, 3.05) is 25.2 Å². The zero-order valence-electron chi connectivity index (χ0n) is 18.4. The number of carbonyl (C=O) groups is 1. The molecule has 2 aromatic carbocycles. The molecule has 4 rings (SSSR count). The number of hydrogen-bond donors (Lipinski definition) is 1. The third-order valence-corrected chi connectivity index (χ3v) is 5.58. The third-order valence-electron chi connectivity index (χ3n) is 5.58. The minimum Gasteiger partial charge on any atom is -0.389 e. The number of hydrogen-bond acceptors (Lipinski definition) is 5. The van der Waals surface area contributed by atoms with Crippen LogP contribution in [0.5, 0.6) is 0 Å². The molecule has 2 aromatic heterocycles.